The lowest BCUT2D eigenvalue weighted by Gasteiger charge is -2.13. The van der Waals surface area contributed by atoms with Gasteiger partial charge in [-0.1, -0.05) is 42.5 Å². The van der Waals surface area contributed by atoms with E-state index in [0.717, 1.165) is 23.8 Å². The van der Waals surface area contributed by atoms with Crippen LogP contribution in [0.5, 0.6) is 5.75 Å². The fourth-order valence-corrected chi connectivity index (χ4v) is 2.18. The van der Waals surface area contributed by atoms with E-state index < -0.39 is 0 Å². The minimum absolute atomic E-state index is 0. The molecule has 0 bridgehead atoms. The third kappa shape index (κ3) is 8.22. The fraction of sp³-hybridized carbons (Fsp3) is 0.316. The van der Waals surface area contributed by atoms with E-state index in [1.165, 1.54) is 5.56 Å². The van der Waals surface area contributed by atoms with Crippen LogP contribution >= 0.6 is 24.0 Å². The van der Waals surface area contributed by atoms with Gasteiger partial charge in [-0.25, -0.2) is 0 Å². The van der Waals surface area contributed by atoms with Gasteiger partial charge < -0.3 is 20.1 Å². The fourth-order valence-electron chi connectivity index (χ4n) is 2.18. The van der Waals surface area contributed by atoms with Crippen molar-refractivity contribution in [2.24, 2.45) is 4.99 Å². The number of hydrogen-bond acceptors (Lipinski definition) is 3. The summed E-state index contributed by atoms with van der Waals surface area (Å²) < 4.78 is 10.6. The van der Waals surface area contributed by atoms with Crippen LogP contribution in [0.3, 0.4) is 0 Å². The molecule has 0 fully saturated rings. The average Bonchev–Trinajstić information content (AvgIpc) is 2.63. The molecule has 2 N–H and O–H groups in total. The normalized spacial score (nSPS) is 10.7. The lowest BCUT2D eigenvalue weighted by atomic mass is 10.2. The molecule has 25 heavy (non-hydrogen) atoms. The summed E-state index contributed by atoms with van der Waals surface area (Å²) in [6.07, 6.45) is 0. The Morgan fingerprint density at radius 3 is 2.28 bits per heavy atom. The van der Waals surface area contributed by atoms with Gasteiger partial charge in [0, 0.05) is 27.2 Å². The van der Waals surface area contributed by atoms with Crippen LogP contribution in [0.15, 0.2) is 59.6 Å². The standard InChI is InChI=1S/C19H25N3O2.HI/c1-20-19(21-14-16-7-4-3-5-8-16)22-15-17-9-6-10-18(13-17)24-12-11-23-2;/h3-10,13H,11-12,14-15H2,1-2H3,(H2,20,21,22);1H. The van der Waals surface area contributed by atoms with E-state index in [1.807, 2.05) is 36.4 Å². The second-order valence-electron chi connectivity index (χ2n) is 5.25. The highest BCUT2D eigenvalue weighted by Gasteiger charge is 2.01. The molecule has 2 aromatic carbocycles. The van der Waals surface area contributed by atoms with E-state index in [-0.39, 0.29) is 24.0 Å². The molecular weight excluding hydrogens is 429 g/mol. The first-order valence-electron chi connectivity index (χ1n) is 8.01. The van der Waals surface area contributed by atoms with E-state index in [9.17, 15) is 0 Å². The van der Waals surface area contributed by atoms with Gasteiger partial charge in [0.25, 0.3) is 0 Å². The molecule has 0 atom stereocenters. The maximum atomic E-state index is 5.63. The lowest BCUT2D eigenvalue weighted by Crippen LogP contribution is -2.36. The third-order valence-corrected chi connectivity index (χ3v) is 3.44. The lowest BCUT2D eigenvalue weighted by molar-refractivity contribution is 0.146. The molecule has 0 saturated heterocycles. The molecule has 5 nitrogen and oxygen atoms in total. The predicted octanol–water partition coefficient (Wildman–Crippen LogP) is 3.20. The minimum atomic E-state index is 0. The molecule has 0 heterocycles. The number of benzene rings is 2. The monoisotopic (exact) mass is 455 g/mol. The molecule has 0 saturated carbocycles. The molecule has 0 aromatic heterocycles. The summed E-state index contributed by atoms with van der Waals surface area (Å²) in [6, 6.07) is 18.2. The first-order valence-corrected chi connectivity index (χ1v) is 8.01. The number of halogens is 1. The maximum absolute atomic E-state index is 5.63. The topological polar surface area (TPSA) is 54.9 Å². The maximum Gasteiger partial charge on any atom is 0.191 e. The first kappa shape index (κ1) is 21.2. The van der Waals surface area contributed by atoms with Crippen molar-refractivity contribution in [2.45, 2.75) is 13.1 Å². The van der Waals surface area contributed by atoms with Crippen molar-refractivity contribution in [3.63, 3.8) is 0 Å². The van der Waals surface area contributed by atoms with Crippen LogP contribution in [-0.2, 0) is 17.8 Å². The molecule has 2 aromatic rings. The summed E-state index contributed by atoms with van der Waals surface area (Å²) in [4.78, 5) is 4.25. The average molecular weight is 455 g/mol. The Bertz CT molecular complexity index is 636. The summed E-state index contributed by atoms with van der Waals surface area (Å²) >= 11 is 0. The van der Waals surface area contributed by atoms with Crippen molar-refractivity contribution >= 4 is 29.9 Å². The van der Waals surface area contributed by atoms with Crippen molar-refractivity contribution in [3.05, 3.63) is 65.7 Å². The highest BCUT2D eigenvalue weighted by molar-refractivity contribution is 14.0. The Labute approximate surface area is 166 Å². The summed E-state index contributed by atoms with van der Waals surface area (Å²) in [7, 11) is 3.43. The van der Waals surface area contributed by atoms with Gasteiger partial charge in [0.1, 0.15) is 12.4 Å². The van der Waals surface area contributed by atoms with Crippen LogP contribution in [0.2, 0.25) is 0 Å². The zero-order valence-corrected chi connectivity index (χ0v) is 17.0. The second kappa shape index (κ2) is 12.5. The number of ether oxygens (including phenoxy) is 2. The Balaban J connectivity index is 0.00000312. The van der Waals surface area contributed by atoms with Gasteiger partial charge in [-0.05, 0) is 23.3 Å². The van der Waals surface area contributed by atoms with E-state index in [1.54, 1.807) is 14.2 Å². The number of rotatable bonds is 8. The summed E-state index contributed by atoms with van der Waals surface area (Å²) in [6.45, 7) is 2.54. The highest BCUT2D eigenvalue weighted by Crippen LogP contribution is 2.13. The molecule has 2 rings (SSSR count). The van der Waals surface area contributed by atoms with Crippen molar-refractivity contribution in [1.82, 2.24) is 10.6 Å². The quantitative estimate of drug-likeness (QED) is 0.278. The number of nitrogens with zero attached hydrogens (tertiary/aromatic N) is 1. The molecule has 136 valence electrons. The van der Waals surface area contributed by atoms with Gasteiger partial charge >= 0.3 is 0 Å². The summed E-state index contributed by atoms with van der Waals surface area (Å²) in [5, 5.41) is 6.61. The Hall–Kier alpha value is -1.80. The van der Waals surface area contributed by atoms with E-state index in [0.29, 0.717) is 19.8 Å². The Kier molecular flexibility index (Phi) is 10.7. The molecule has 0 aliphatic heterocycles. The van der Waals surface area contributed by atoms with Crippen LogP contribution in [0.4, 0.5) is 0 Å². The largest absolute Gasteiger partial charge is 0.491 e. The third-order valence-electron chi connectivity index (χ3n) is 3.44. The van der Waals surface area contributed by atoms with Gasteiger partial charge in [0.05, 0.1) is 6.61 Å². The zero-order chi connectivity index (χ0) is 17.0. The Morgan fingerprint density at radius 2 is 1.60 bits per heavy atom. The van der Waals surface area contributed by atoms with Crippen molar-refractivity contribution < 1.29 is 9.47 Å². The number of methoxy groups -OCH3 is 1. The van der Waals surface area contributed by atoms with Crippen LogP contribution in [0, 0.1) is 0 Å². The van der Waals surface area contributed by atoms with E-state index in [2.05, 4.69) is 33.8 Å². The van der Waals surface area contributed by atoms with Crippen LogP contribution in [-0.4, -0.2) is 33.3 Å². The van der Waals surface area contributed by atoms with Gasteiger partial charge in [0.2, 0.25) is 0 Å². The van der Waals surface area contributed by atoms with Crippen molar-refractivity contribution in [3.8, 4) is 5.75 Å². The SMILES string of the molecule is CN=C(NCc1ccccc1)NCc1cccc(OCCOC)c1.I. The minimum Gasteiger partial charge on any atom is -0.491 e. The van der Waals surface area contributed by atoms with Gasteiger partial charge in [-0.2, -0.15) is 0 Å². The number of nitrogens with one attached hydrogen (secondary N) is 2. The molecule has 0 radical (unpaired) electrons. The molecule has 0 spiro atoms. The van der Waals surface area contributed by atoms with E-state index >= 15 is 0 Å². The number of guanidine groups is 1. The second-order valence-corrected chi connectivity index (χ2v) is 5.25. The van der Waals surface area contributed by atoms with Gasteiger partial charge in [-0.15, -0.1) is 24.0 Å². The van der Waals surface area contributed by atoms with Crippen LogP contribution < -0.4 is 15.4 Å². The molecule has 0 aliphatic rings. The molecule has 6 heteroatoms. The molecule has 0 unspecified atom stereocenters. The van der Waals surface area contributed by atoms with Crippen molar-refractivity contribution in [1.29, 1.82) is 0 Å². The smallest absolute Gasteiger partial charge is 0.191 e. The molecular formula is C19H26IN3O2. The van der Waals surface area contributed by atoms with E-state index in [4.69, 9.17) is 9.47 Å². The van der Waals surface area contributed by atoms with Gasteiger partial charge in [-0.3, -0.25) is 4.99 Å². The van der Waals surface area contributed by atoms with Gasteiger partial charge in [0.15, 0.2) is 5.96 Å². The Morgan fingerprint density at radius 1 is 0.920 bits per heavy atom. The summed E-state index contributed by atoms with van der Waals surface area (Å²) in [5.41, 5.74) is 2.35. The number of hydrogen-bond donors (Lipinski definition) is 2. The van der Waals surface area contributed by atoms with Crippen LogP contribution in [0.1, 0.15) is 11.1 Å². The molecule has 0 amide bonds. The number of aliphatic imine (C=N–C) groups is 1. The zero-order valence-electron chi connectivity index (χ0n) is 14.7. The molecule has 0 aliphatic carbocycles. The summed E-state index contributed by atoms with van der Waals surface area (Å²) in [5.74, 6) is 1.61. The van der Waals surface area contributed by atoms with Crippen LogP contribution in [0.25, 0.3) is 0 Å². The first-order chi connectivity index (χ1) is 11.8. The van der Waals surface area contributed by atoms with Crippen molar-refractivity contribution in [2.75, 3.05) is 27.4 Å². The predicted molar refractivity (Wildman–Crippen MR) is 113 cm³/mol. The highest BCUT2D eigenvalue weighted by atomic mass is 127.